The van der Waals surface area contributed by atoms with Crippen molar-refractivity contribution in [3.63, 3.8) is 0 Å². The Balaban J connectivity index is 0.00000118. The highest BCUT2D eigenvalue weighted by molar-refractivity contribution is 5.90. The monoisotopic (exact) mass is 564 g/mol. The zero-order chi connectivity index (χ0) is 29.1. The molecule has 3 aromatic carbocycles. The lowest BCUT2D eigenvalue weighted by atomic mass is 9.90. The third-order valence-corrected chi connectivity index (χ3v) is 6.96. The van der Waals surface area contributed by atoms with Gasteiger partial charge in [0.05, 0.1) is 12.1 Å². The number of carbonyl (C=O) groups excluding carboxylic acids is 3. The molecule has 0 N–H and O–H groups in total. The molecule has 40 heavy (non-hydrogen) atoms. The van der Waals surface area contributed by atoms with Crippen LogP contribution in [0, 0.1) is 17.5 Å². The maximum atomic E-state index is 14.6. The molecule has 2 saturated heterocycles. The number of piperidine rings is 1. The normalized spacial score (nSPS) is 16.8. The van der Waals surface area contributed by atoms with Gasteiger partial charge in [-0.15, -0.1) is 0 Å². The summed E-state index contributed by atoms with van der Waals surface area (Å²) in [6.45, 7) is 1.19. The van der Waals surface area contributed by atoms with E-state index in [1.54, 1.807) is 4.90 Å². The number of halogens is 6. The van der Waals surface area contributed by atoms with Crippen LogP contribution in [0.15, 0.2) is 60.7 Å². The van der Waals surface area contributed by atoms with E-state index < -0.39 is 40.9 Å². The molecule has 5 rings (SSSR count). The van der Waals surface area contributed by atoms with E-state index in [2.05, 4.69) is 0 Å². The van der Waals surface area contributed by atoms with Gasteiger partial charge in [0.25, 0.3) is 0 Å². The fourth-order valence-corrected chi connectivity index (χ4v) is 4.95. The van der Waals surface area contributed by atoms with Crippen LogP contribution in [0.25, 0.3) is 11.1 Å². The molecule has 2 heterocycles. The number of rotatable bonds is 4. The molecule has 0 atom stereocenters. The number of para-hydroxylation sites is 1. The molecule has 210 valence electrons. The van der Waals surface area contributed by atoms with E-state index in [0.29, 0.717) is 38.2 Å². The largest absolute Gasteiger partial charge is 0.441 e. The van der Waals surface area contributed by atoms with Crippen molar-refractivity contribution in [1.82, 2.24) is 4.90 Å². The summed E-state index contributed by atoms with van der Waals surface area (Å²) in [7, 11) is 0. The number of hydrogen-bond acceptors (Lipinski definition) is 5. The van der Waals surface area contributed by atoms with Crippen molar-refractivity contribution >= 4 is 17.9 Å². The molecule has 0 aromatic heterocycles. The minimum Gasteiger partial charge on any atom is -0.441 e. The number of likely N-dealkylation sites (tertiary alicyclic amines) is 1. The van der Waals surface area contributed by atoms with Gasteiger partial charge in [0.15, 0.2) is 17.5 Å². The Morgan fingerprint density at radius 2 is 1.50 bits per heavy atom. The standard InChI is InChI=1S/C27H22F6N2O2.CO2/c28-22-9-8-21(23(29)24(22)30)20-7-6-18(27(31,32)33)14-17(20)15-34-12-10-26(11-13-34)16-35(25(36)37-26)19-4-2-1-3-5-19;2-1-3/h1-9,14H,10-13,15-16H2;. The number of amides is 1. The maximum absolute atomic E-state index is 14.6. The fraction of sp³-hybridized carbons (Fsp3) is 0.286. The average molecular weight is 564 g/mol. The number of alkyl halides is 3. The van der Waals surface area contributed by atoms with E-state index in [0.717, 1.165) is 30.3 Å². The Kier molecular flexibility index (Phi) is 8.32. The van der Waals surface area contributed by atoms with Crippen LogP contribution < -0.4 is 4.90 Å². The first kappa shape index (κ1) is 28.8. The van der Waals surface area contributed by atoms with Gasteiger partial charge in [-0.25, -0.2) is 18.0 Å². The summed E-state index contributed by atoms with van der Waals surface area (Å²) in [6, 6.07) is 13.6. The van der Waals surface area contributed by atoms with Crippen molar-refractivity contribution in [1.29, 1.82) is 0 Å². The minimum absolute atomic E-state index is 0.0180. The quantitative estimate of drug-likeness (QED) is 0.279. The van der Waals surface area contributed by atoms with Gasteiger partial charge in [-0.3, -0.25) is 9.80 Å². The molecular formula is C28H22F6N2O4. The second-order valence-corrected chi connectivity index (χ2v) is 9.42. The van der Waals surface area contributed by atoms with Crippen molar-refractivity contribution in [2.75, 3.05) is 24.5 Å². The predicted octanol–water partition coefficient (Wildman–Crippen LogP) is 6.20. The minimum atomic E-state index is -4.63. The second kappa shape index (κ2) is 11.5. The summed E-state index contributed by atoms with van der Waals surface area (Å²) in [5.74, 6) is -4.53. The highest BCUT2D eigenvalue weighted by atomic mass is 19.4. The Bertz CT molecular complexity index is 1420. The van der Waals surface area contributed by atoms with Crippen LogP contribution >= 0.6 is 0 Å². The van der Waals surface area contributed by atoms with Gasteiger partial charge in [-0.05, 0) is 47.5 Å². The lowest BCUT2D eigenvalue weighted by Gasteiger charge is -2.37. The molecule has 6 nitrogen and oxygen atoms in total. The summed E-state index contributed by atoms with van der Waals surface area (Å²) in [5, 5.41) is 0. The molecule has 2 aliphatic heterocycles. The molecule has 0 aliphatic carbocycles. The molecule has 2 fully saturated rings. The van der Waals surface area contributed by atoms with E-state index in [4.69, 9.17) is 14.3 Å². The van der Waals surface area contributed by atoms with E-state index in [1.807, 2.05) is 35.2 Å². The number of hydrogen-bond donors (Lipinski definition) is 0. The predicted molar refractivity (Wildman–Crippen MR) is 129 cm³/mol. The second-order valence-electron chi connectivity index (χ2n) is 9.42. The SMILES string of the molecule is O=C1OC2(CCN(Cc3cc(C(F)(F)F)ccc3-c3ccc(F)c(F)c3F)CC2)CN1c1ccccc1.O=C=O. The first-order valence-corrected chi connectivity index (χ1v) is 12.1. The summed E-state index contributed by atoms with van der Waals surface area (Å²) < 4.78 is 88.0. The van der Waals surface area contributed by atoms with Gasteiger partial charge in [-0.2, -0.15) is 22.8 Å². The zero-order valence-corrected chi connectivity index (χ0v) is 20.8. The molecule has 1 amide bonds. The molecular weight excluding hydrogens is 542 g/mol. The van der Waals surface area contributed by atoms with Crippen molar-refractivity contribution in [3.05, 3.63) is 89.2 Å². The number of benzene rings is 3. The Labute approximate surface area is 224 Å². The van der Waals surface area contributed by atoms with Crippen molar-refractivity contribution in [3.8, 4) is 11.1 Å². The van der Waals surface area contributed by atoms with Crippen LogP contribution in [0.2, 0.25) is 0 Å². The molecule has 0 saturated carbocycles. The molecule has 12 heteroatoms. The molecule has 1 spiro atoms. The third-order valence-electron chi connectivity index (χ3n) is 6.96. The van der Waals surface area contributed by atoms with Crippen LogP contribution in [0.1, 0.15) is 24.0 Å². The summed E-state index contributed by atoms with van der Waals surface area (Å²) in [4.78, 5) is 32.2. The van der Waals surface area contributed by atoms with Crippen LogP contribution in [-0.2, 0) is 27.0 Å². The van der Waals surface area contributed by atoms with E-state index in [-0.39, 0.29) is 29.4 Å². The van der Waals surface area contributed by atoms with Gasteiger partial charge in [-0.1, -0.05) is 24.3 Å². The smallest absolute Gasteiger partial charge is 0.416 e. The Morgan fingerprint density at radius 1 is 0.875 bits per heavy atom. The molecule has 2 aliphatic rings. The average Bonchev–Trinajstić information content (AvgIpc) is 3.25. The van der Waals surface area contributed by atoms with Gasteiger partial charge in [0, 0.05) is 43.7 Å². The number of anilines is 1. The number of nitrogens with zero attached hydrogens (tertiary/aromatic N) is 2. The third kappa shape index (κ3) is 6.03. The highest BCUT2D eigenvalue weighted by Crippen LogP contribution is 2.38. The summed E-state index contributed by atoms with van der Waals surface area (Å²) in [5.41, 5.74) is -1.07. The van der Waals surface area contributed by atoms with E-state index >= 15 is 0 Å². The van der Waals surface area contributed by atoms with Gasteiger partial charge < -0.3 is 4.74 Å². The van der Waals surface area contributed by atoms with E-state index in [9.17, 15) is 31.1 Å². The van der Waals surface area contributed by atoms with Crippen LogP contribution in [-0.4, -0.2) is 42.4 Å². The summed E-state index contributed by atoms with van der Waals surface area (Å²) in [6.07, 6.45) is -3.93. The Morgan fingerprint density at radius 3 is 2.12 bits per heavy atom. The fourth-order valence-electron chi connectivity index (χ4n) is 4.95. The Hall–Kier alpha value is -4.15. The highest BCUT2D eigenvalue weighted by Gasteiger charge is 2.47. The van der Waals surface area contributed by atoms with Crippen LogP contribution in [0.4, 0.5) is 36.8 Å². The van der Waals surface area contributed by atoms with Crippen molar-refractivity contribution < 1.29 is 45.5 Å². The lowest BCUT2D eigenvalue weighted by Crippen LogP contribution is -2.46. The zero-order valence-electron chi connectivity index (χ0n) is 20.8. The first-order valence-electron chi connectivity index (χ1n) is 12.1. The van der Waals surface area contributed by atoms with Crippen molar-refractivity contribution in [2.45, 2.75) is 31.2 Å². The van der Waals surface area contributed by atoms with Crippen LogP contribution in [0.5, 0.6) is 0 Å². The molecule has 0 bridgehead atoms. The van der Waals surface area contributed by atoms with Gasteiger partial charge in [0.1, 0.15) is 5.60 Å². The van der Waals surface area contributed by atoms with E-state index in [1.165, 1.54) is 0 Å². The van der Waals surface area contributed by atoms with Crippen molar-refractivity contribution in [2.24, 2.45) is 0 Å². The topological polar surface area (TPSA) is 66.9 Å². The first-order chi connectivity index (χ1) is 19.0. The van der Waals surface area contributed by atoms with Gasteiger partial charge in [0.2, 0.25) is 0 Å². The molecule has 0 radical (unpaired) electrons. The van der Waals surface area contributed by atoms with Gasteiger partial charge >= 0.3 is 18.4 Å². The molecule has 0 unspecified atom stereocenters. The summed E-state index contributed by atoms with van der Waals surface area (Å²) >= 11 is 0. The molecule has 3 aromatic rings. The lowest BCUT2D eigenvalue weighted by molar-refractivity contribution is -0.191. The van der Waals surface area contributed by atoms with Crippen LogP contribution in [0.3, 0.4) is 0 Å². The number of carbonyl (C=O) groups is 1. The maximum Gasteiger partial charge on any atom is 0.416 e. The number of ether oxygens (including phenoxy) is 1.